The fourth-order valence-corrected chi connectivity index (χ4v) is 0. The molecule has 0 fully saturated rings. The van der Waals surface area contributed by atoms with Crippen LogP contribution in [0.1, 0.15) is 13.8 Å². The summed E-state index contributed by atoms with van der Waals surface area (Å²) >= 11 is 0. The summed E-state index contributed by atoms with van der Waals surface area (Å²) < 4.78 is 0. The molecule has 0 unspecified atom stereocenters. The molecule has 0 saturated heterocycles. The molecule has 0 aliphatic rings. The zero-order chi connectivity index (χ0) is 10.3. The second-order valence-corrected chi connectivity index (χ2v) is 2.17. The van der Waals surface area contributed by atoms with Crippen molar-refractivity contribution in [3.63, 3.8) is 0 Å². The van der Waals surface area contributed by atoms with Gasteiger partial charge in [-0.2, -0.15) is 0 Å². The zero-order valence-corrected chi connectivity index (χ0v) is 14.6. The van der Waals surface area contributed by atoms with Crippen molar-refractivity contribution >= 4 is 11.9 Å². The molecule has 0 aromatic heterocycles. The van der Waals surface area contributed by atoms with E-state index in [4.69, 9.17) is 10.2 Å². The van der Waals surface area contributed by atoms with Gasteiger partial charge in [-0.05, 0) is 13.8 Å². The Hall–Kier alpha value is 0.463. The first-order valence-electron chi connectivity index (χ1n) is 3.06. The van der Waals surface area contributed by atoms with Gasteiger partial charge >= 0.3 is 38.1 Å². The molecular weight excluding hydrogens is 393 g/mol. The molecule has 0 amide bonds. The molecule has 2 N–H and O–H groups in total. The molecule has 0 aromatic carbocycles. The molecule has 0 aromatic rings. The van der Waals surface area contributed by atoms with E-state index in [1.807, 2.05) is 0 Å². The van der Waals surface area contributed by atoms with Crippen molar-refractivity contribution in [1.29, 1.82) is 0 Å². The zero-order valence-electron chi connectivity index (χ0n) is 9.14. The van der Waals surface area contributed by atoms with Crippen LogP contribution in [0.15, 0.2) is 24.3 Å². The number of carbonyl (C=O) groups is 2. The van der Waals surface area contributed by atoms with Crippen LogP contribution in [0.2, 0.25) is 0 Å². The molecule has 0 aliphatic heterocycles. The normalized spacial score (nSPS) is 5.29. The van der Waals surface area contributed by atoms with E-state index in [0.29, 0.717) is 0 Å². The van der Waals surface area contributed by atoms with Crippen molar-refractivity contribution in [3.8, 4) is 0 Å². The maximum absolute atomic E-state index is 9.60. The Morgan fingerprint density at radius 2 is 0.824 bits per heavy atom. The van der Waals surface area contributed by atoms with Crippen LogP contribution < -0.4 is 49.6 Å². The predicted octanol–water partition coefficient (Wildman–Crippen LogP) is -10.7. The monoisotopic (exact) mass is 402 g/mol. The topological polar surface area (TPSA) is 74.6 Å². The molecule has 4 nitrogen and oxygen atoms in total. The van der Waals surface area contributed by atoms with Gasteiger partial charge in [0, 0.05) is 11.1 Å². The number of hydrogen-bond donors (Lipinski definition) is 2. The molecular formula is C8H12Cl4O4Zr. The van der Waals surface area contributed by atoms with Crippen LogP contribution in [0.3, 0.4) is 0 Å². The fraction of sp³-hybridized carbons (Fsp3) is 0.250. The summed E-state index contributed by atoms with van der Waals surface area (Å²) in [6.45, 7) is 9.20. The number of carboxylic acid groups (broad SMARTS) is 2. The van der Waals surface area contributed by atoms with Crippen LogP contribution in [0, 0.1) is 0 Å². The molecule has 0 bridgehead atoms. The maximum atomic E-state index is 9.60. The van der Waals surface area contributed by atoms with E-state index >= 15 is 0 Å². The van der Waals surface area contributed by atoms with Gasteiger partial charge in [-0.25, -0.2) is 9.59 Å². The second kappa shape index (κ2) is 25.3. The van der Waals surface area contributed by atoms with Gasteiger partial charge in [-0.3, -0.25) is 0 Å². The Morgan fingerprint density at radius 3 is 0.824 bits per heavy atom. The Morgan fingerprint density at radius 1 is 0.765 bits per heavy atom. The minimum atomic E-state index is -0.935. The van der Waals surface area contributed by atoms with Gasteiger partial charge in [0.25, 0.3) is 0 Å². The minimum absolute atomic E-state index is 0. The van der Waals surface area contributed by atoms with Gasteiger partial charge in [0.2, 0.25) is 0 Å². The van der Waals surface area contributed by atoms with Crippen LogP contribution in [-0.4, -0.2) is 22.2 Å². The van der Waals surface area contributed by atoms with E-state index in [-0.39, 0.29) is 87.0 Å². The molecule has 0 heterocycles. The third-order valence-corrected chi connectivity index (χ3v) is 0.730. The molecule has 0 atom stereocenters. The van der Waals surface area contributed by atoms with Gasteiger partial charge in [0.15, 0.2) is 0 Å². The molecule has 0 spiro atoms. The maximum Gasteiger partial charge on any atom is 4.00 e. The molecule has 0 aliphatic carbocycles. The van der Waals surface area contributed by atoms with Crippen LogP contribution >= 0.6 is 0 Å². The summed E-state index contributed by atoms with van der Waals surface area (Å²) in [5, 5.41) is 15.8. The number of hydrogen-bond acceptors (Lipinski definition) is 2. The Balaban J connectivity index is -0.0000000182. The van der Waals surface area contributed by atoms with Crippen molar-refractivity contribution in [1.82, 2.24) is 0 Å². The summed E-state index contributed by atoms with van der Waals surface area (Å²) in [4.78, 5) is 19.2. The van der Waals surface area contributed by atoms with Crippen molar-refractivity contribution in [2.24, 2.45) is 0 Å². The van der Waals surface area contributed by atoms with Crippen molar-refractivity contribution in [2.75, 3.05) is 0 Å². The van der Waals surface area contributed by atoms with Crippen LogP contribution in [-0.2, 0) is 35.8 Å². The van der Waals surface area contributed by atoms with E-state index in [1.54, 1.807) is 0 Å². The third kappa shape index (κ3) is 48.1. The number of rotatable bonds is 2. The summed E-state index contributed by atoms with van der Waals surface area (Å²) in [6.07, 6.45) is 0. The van der Waals surface area contributed by atoms with Crippen molar-refractivity contribution < 1.29 is 95.6 Å². The SMILES string of the molecule is C=C(C)C(=O)O.C=C(C)C(=O)O.[Cl-].[Cl-].[Cl-].[Cl-].[Zr+4]. The number of aliphatic carboxylic acids is 2. The van der Waals surface area contributed by atoms with E-state index in [2.05, 4.69) is 13.2 Å². The third-order valence-electron chi connectivity index (χ3n) is 0.730. The number of halogens is 4. The van der Waals surface area contributed by atoms with Crippen molar-refractivity contribution in [3.05, 3.63) is 24.3 Å². The van der Waals surface area contributed by atoms with E-state index in [0.717, 1.165) is 0 Å². The molecule has 0 radical (unpaired) electrons. The molecule has 0 rings (SSSR count). The average molecular weight is 405 g/mol. The van der Waals surface area contributed by atoms with Crippen LogP contribution in [0.4, 0.5) is 0 Å². The molecule has 0 saturated carbocycles. The first-order chi connectivity index (χ1) is 5.29. The average Bonchev–Trinajstić information content (AvgIpc) is 1.88. The summed E-state index contributed by atoms with van der Waals surface area (Å²) in [7, 11) is 0. The van der Waals surface area contributed by atoms with E-state index in [9.17, 15) is 9.59 Å². The number of carboxylic acids is 2. The quantitative estimate of drug-likeness (QED) is 0.448. The van der Waals surface area contributed by atoms with Crippen LogP contribution in [0.25, 0.3) is 0 Å². The van der Waals surface area contributed by atoms with Gasteiger partial charge in [0.05, 0.1) is 0 Å². The molecule has 9 heteroatoms. The van der Waals surface area contributed by atoms with Gasteiger partial charge in [0.1, 0.15) is 0 Å². The second-order valence-electron chi connectivity index (χ2n) is 2.17. The van der Waals surface area contributed by atoms with E-state index < -0.39 is 11.9 Å². The van der Waals surface area contributed by atoms with Crippen LogP contribution in [0.5, 0.6) is 0 Å². The Labute approximate surface area is 145 Å². The Kier molecular flexibility index (Phi) is 64.5. The smallest absolute Gasteiger partial charge is 1.00 e. The van der Waals surface area contributed by atoms with Gasteiger partial charge in [-0.1, -0.05) is 13.2 Å². The molecule has 17 heavy (non-hydrogen) atoms. The van der Waals surface area contributed by atoms with E-state index in [1.165, 1.54) is 13.8 Å². The summed E-state index contributed by atoms with van der Waals surface area (Å²) in [5.41, 5.74) is 0.352. The van der Waals surface area contributed by atoms with Gasteiger partial charge in [-0.15, -0.1) is 0 Å². The first-order valence-corrected chi connectivity index (χ1v) is 3.06. The standard InChI is InChI=1S/2C4H6O2.4ClH.Zr/c2*1-3(2)4(5)6;;;;;/h2*1H2,2H3,(H,5,6);4*1H;/q;;;;;;+4/p-4. The molecule has 100 valence electrons. The van der Waals surface area contributed by atoms with Gasteiger partial charge < -0.3 is 59.8 Å². The largest absolute Gasteiger partial charge is 4.00 e. The minimum Gasteiger partial charge on any atom is -1.00 e. The predicted molar refractivity (Wildman–Crippen MR) is 44.9 cm³/mol. The summed E-state index contributed by atoms with van der Waals surface area (Å²) in [5.74, 6) is -1.87. The van der Waals surface area contributed by atoms with Crippen molar-refractivity contribution in [2.45, 2.75) is 13.8 Å². The summed E-state index contributed by atoms with van der Waals surface area (Å²) in [6, 6.07) is 0. The fourth-order valence-electron chi connectivity index (χ4n) is 0. The Bertz CT molecular complexity index is 186. The first kappa shape index (κ1) is 43.2.